The minimum absolute atomic E-state index is 0.147. The van der Waals surface area contributed by atoms with E-state index >= 15 is 0 Å². The van der Waals surface area contributed by atoms with Gasteiger partial charge in [-0.15, -0.1) is 0 Å². The molecule has 1 heterocycles. The van der Waals surface area contributed by atoms with E-state index in [9.17, 15) is 4.79 Å². The van der Waals surface area contributed by atoms with Crippen molar-refractivity contribution in [2.24, 2.45) is 5.11 Å². The lowest BCUT2D eigenvalue weighted by Gasteiger charge is -2.29. The molecule has 2 rings (SSSR count). The number of rotatable bonds is 4. The van der Waals surface area contributed by atoms with Gasteiger partial charge in [0.1, 0.15) is 11.9 Å². The van der Waals surface area contributed by atoms with Crippen LogP contribution in [0.3, 0.4) is 0 Å². The second-order valence-corrected chi connectivity index (χ2v) is 4.15. The van der Waals surface area contributed by atoms with Crippen LogP contribution in [0, 0.1) is 0 Å². The van der Waals surface area contributed by atoms with Crippen LogP contribution in [0.4, 0.5) is 4.79 Å². The number of amides is 1. The first-order valence-corrected chi connectivity index (χ1v) is 5.85. The second-order valence-electron chi connectivity index (χ2n) is 4.15. The summed E-state index contributed by atoms with van der Waals surface area (Å²) in [5.74, 6) is 0.757. The average molecular weight is 262 g/mol. The highest BCUT2D eigenvalue weighted by molar-refractivity contribution is 5.69. The van der Waals surface area contributed by atoms with Crippen molar-refractivity contribution in [3.8, 4) is 5.75 Å². The van der Waals surface area contributed by atoms with E-state index in [0.717, 1.165) is 11.3 Å². The van der Waals surface area contributed by atoms with Gasteiger partial charge in [0.2, 0.25) is 0 Å². The Bertz CT molecular complexity index is 494. The van der Waals surface area contributed by atoms with Crippen molar-refractivity contribution in [2.75, 3.05) is 13.7 Å². The number of methoxy groups -OCH3 is 1. The first-order valence-electron chi connectivity index (χ1n) is 5.85. The normalized spacial score (nSPS) is 21.8. The second kappa shape index (κ2) is 5.97. The van der Waals surface area contributed by atoms with E-state index in [1.54, 1.807) is 7.11 Å². The molecule has 1 aromatic rings. The van der Waals surface area contributed by atoms with Crippen LogP contribution >= 0.6 is 0 Å². The minimum atomic E-state index is -0.495. The Morgan fingerprint density at radius 3 is 2.89 bits per heavy atom. The average Bonchev–Trinajstić information content (AvgIpc) is 2.44. The van der Waals surface area contributed by atoms with Crippen molar-refractivity contribution in [3.63, 3.8) is 0 Å². The maximum absolute atomic E-state index is 11.5. The van der Waals surface area contributed by atoms with Gasteiger partial charge in [-0.25, -0.2) is 4.79 Å². The van der Waals surface area contributed by atoms with Crippen molar-refractivity contribution in [3.05, 3.63) is 40.3 Å². The van der Waals surface area contributed by atoms with Crippen molar-refractivity contribution in [1.29, 1.82) is 0 Å². The van der Waals surface area contributed by atoms with E-state index in [1.807, 2.05) is 24.3 Å². The van der Waals surface area contributed by atoms with E-state index in [1.165, 1.54) is 0 Å². The van der Waals surface area contributed by atoms with Crippen LogP contribution in [-0.2, 0) is 4.74 Å². The summed E-state index contributed by atoms with van der Waals surface area (Å²) in [5.41, 5.74) is 9.25. The van der Waals surface area contributed by atoms with Gasteiger partial charge in [0.25, 0.3) is 0 Å². The molecular weight excluding hydrogens is 248 g/mol. The predicted octanol–water partition coefficient (Wildman–Crippen LogP) is 2.55. The van der Waals surface area contributed by atoms with Crippen LogP contribution < -0.4 is 10.1 Å². The van der Waals surface area contributed by atoms with Gasteiger partial charge in [0, 0.05) is 11.3 Å². The fourth-order valence-electron chi connectivity index (χ4n) is 1.99. The Labute approximate surface area is 110 Å². The van der Waals surface area contributed by atoms with Crippen LogP contribution in [0.15, 0.2) is 29.4 Å². The number of nitrogens with one attached hydrogen (secondary N) is 1. The number of cyclic esters (lactones) is 1. The number of carbonyl (C=O) groups is 1. The minimum Gasteiger partial charge on any atom is -0.497 e. The lowest BCUT2D eigenvalue weighted by atomic mass is 9.99. The number of nitrogens with zero attached hydrogens (tertiary/aromatic N) is 3. The van der Waals surface area contributed by atoms with Gasteiger partial charge in [-0.2, -0.15) is 0 Å². The number of alkyl carbamates (subject to hydrolysis) is 1. The number of hydrogen-bond donors (Lipinski definition) is 1. The molecule has 1 aliphatic heterocycles. The summed E-state index contributed by atoms with van der Waals surface area (Å²) in [6.45, 7) is 0.149. The molecule has 19 heavy (non-hydrogen) atoms. The molecule has 1 fully saturated rings. The molecule has 0 aromatic heterocycles. The molecule has 1 aromatic carbocycles. The summed E-state index contributed by atoms with van der Waals surface area (Å²) in [4.78, 5) is 14.1. The largest absolute Gasteiger partial charge is 0.497 e. The zero-order valence-corrected chi connectivity index (χ0v) is 10.4. The van der Waals surface area contributed by atoms with E-state index in [0.29, 0.717) is 6.42 Å². The van der Waals surface area contributed by atoms with Gasteiger partial charge in [0.15, 0.2) is 0 Å². The SMILES string of the molecule is COc1ccc([C@@H]2C[C@H](CN=[N+]=[N-])OC(=O)N2)cc1. The fourth-order valence-corrected chi connectivity index (χ4v) is 1.99. The fraction of sp³-hybridized carbons (Fsp3) is 0.417. The number of carbonyl (C=O) groups excluding carboxylic acids is 1. The molecule has 0 aliphatic carbocycles. The molecular formula is C12H14N4O3. The van der Waals surface area contributed by atoms with Gasteiger partial charge >= 0.3 is 6.09 Å². The molecule has 100 valence electrons. The van der Waals surface area contributed by atoms with Gasteiger partial charge < -0.3 is 14.8 Å². The van der Waals surface area contributed by atoms with Crippen LogP contribution in [0.5, 0.6) is 5.75 Å². The molecule has 7 heteroatoms. The van der Waals surface area contributed by atoms with E-state index in [-0.39, 0.29) is 12.6 Å². The maximum Gasteiger partial charge on any atom is 0.407 e. The molecule has 0 spiro atoms. The molecule has 7 nitrogen and oxygen atoms in total. The molecule has 0 radical (unpaired) electrons. The van der Waals surface area contributed by atoms with Crippen LogP contribution in [0.2, 0.25) is 0 Å². The summed E-state index contributed by atoms with van der Waals surface area (Å²) < 4.78 is 10.1. The Balaban J connectivity index is 2.09. The summed E-state index contributed by atoms with van der Waals surface area (Å²) in [6.07, 6.45) is -0.321. The lowest BCUT2D eigenvalue weighted by Crippen LogP contribution is -2.41. The molecule has 2 atom stereocenters. The number of ether oxygens (including phenoxy) is 2. The number of benzene rings is 1. The Morgan fingerprint density at radius 2 is 2.26 bits per heavy atom. The van der Waals surface area contributed by atoms with Gasteiger partial charge in [-0.05, 0) is 23.2 Å². The van der Waals surface area contributed by atoms with Crippen LogP contribution in [-0.4, -0.2) is 25.9 Å². The molecule has 0 unspecified atom stereocenters. The molecule has 1 N–H and O–H groups in total. The monoisotopic (exact) mass is 262 g/mol. The zero-order chi connectivity index (χ0) is 13.7. The highest BCUT2D eigenvalue weighted by Gasteiger charge is 2.28. The summed E-state index contributed by atoms with van der Waals surface area (Å²) >= 11 is 0. The van der Waals surface area contributed by atoms with Gasteiger partial charge in [-0.1, -0.05) is 17.2 Å². The van der Waals surface area contributed by atoms with Gasteiger partial charge in [0.05, 0.1) is 19.7 Å². The summed E-state index contributed by atoms with van der Waals surface area (Å²) in [5, 5.41) is 6.18. The first kappa shape index (κ1) is 13.0. The maximum atomic E-state index is 11.5. The third-order valence-electron chi connectivity index (χ3n) is 2.93. The quantitative estimate of drug-likeness (QED) is 0.513. The van der Waals surface area contributed by atoms with Crippen molar-refractivity contribution >= 4 is 6.09 Å². The molecule has 1 aliphatic rings. The summed E-state index contributed by atoms with van der Waals surface area (Å²) in [7, 11) is 1.60. The topological polar surface area (TPSA) is 96.3 Å². The highest BCUT2D eigenvalue weighted by Crippen LogP contribution is 2.25. The van der Waals surface area contributed by atoms with E-state index in [4.69, 9.17) is 15.0 Å². The lowest BCUT2D eigenvalue weighted by molar-refractivity contribution is 0.0632. The van der Waals surface area contributed by atoms with Gasteiger partial charge in [-0.3, -0.25) is 0 Å². The van der Waals surface area contributed by atoms with Crippen molar-refractivity contribution in [1.82, 2.24) is 5.32 Å². The Morgan fingerprint density at radius 1 is 1.53 bits per heavy atom. The van der Waals surface area contributed by atoms with Crippen LogP contribution in [0.25, 0.3) is 10.4 Å². The Kier molecular flexibility index (Phi) is 4.10. The smallest absolute Gasteiger partial charge is 0.407 e. The van der Waals surface area contributed by atoms with E-state index < -0.39 is 12.2 Å². The predicted molar refractivity (Wildman–Crippen MR) is 67.8 cm³/mol. The van der Waals surface area contributed by atoms with E-state index in [2.05, 4.69) is 15.3 Å². The third kappa shape index (κ3) is 3.29. The van der Waals surface area contributed by atoms with Crippen molar-refractivity contribution < 1.29 is 14.3 Å². The van der Waals surface area contributed by atoms with Crippen LogP contribution in [0.1, 0.15) is 18.0 Å². The van der Waals surface area contributed by atoms with Crippen molar-refractivity contribution in [2.45, 2.75) is 18.6 Å². The molecule has 1 amide bonds. The molecule has 0 bridgehead atoms. The highest BCUT2D eigenvalue weighted by atomic mass is 16.6. The zero-order valence-electron chi connectivity index (χ0n) is 10.4. The third-order valence-corrected chi connectivity index (χ3v) is 2.93. The molecule has 1 saturated heterocycles. The first-order chi connectivity index (χ1) is 9.22. The number of hydrogen-bond acceptors (Lipinski definition) is 4. The molecule has 0 saturated carbocycles. The number of azide groups is 1. The Hall–Kier alpha value is -2.40. The summed E-state index contributed by atoms with van der Waals surface area (Å²) in [6, 6.07) is 7.30. The standard InChI is InChI=1S/C12H14N4O3/c1-18-9-4-2-8(3-5-9)11-6-10(7-14-16-13)19-12(17)15-11/h2-5,10-11H,6-7H2,1H3,(H,15,17)/t10-,11+/m1/s1.